The number of thiazole rings is 1. The number of thioether (sulfide) groups is 1. The minimum Gasteiger partial charge on any atom is -0.315 e. The van der Waals surface area contributed by atoms with Crippen molar-refractivity contribution in [2.75, 3.05) is 32.1 Å². The van der Waals surface area contributed by atoms with Crippen LogP contribution in [0.2, 0.25) is 0 Å². The molecule has 1 aliphatic heterocycles. The molecule has 0 amide bonds. The zero-order chi connectivity index (χ0) is 12.3. The Morgan fingerprint density at radius 1 is 1.65 bits per heavy atom. The molecule has 3 nitrogen and oxygen atoms in total. The molecule has 5 heteroatoms. The van der Waals surface area contributed by atoms with E-state index in [2.05, 4.69) is 53.4 Å². The predicted octanol–water partition coefficient (Wildman–Crippen LogP) is 1.63. The standard InChI is InChI=1S/C12H21N3S2/c1-9-7-17-12(14-9)6-10(13-2)11-8-16-5-4-15(11)3/h7,10-11,13H,4-6,8H2,1-3H3. The van der Waals surface area contributed by atoms with E-state index in [0.29, 0.717) is 12.1 Å². The highest BCUT2D eigenvalue weighted by Crippen LogP contribution is 2.20. The lowest BCUT2D eigenvalue weighted by Gasteiger charge is -2.37. The molecule has 0 radical (unpaired) electrons. The van der Waals surface area contributed by atoms with Gasteiger partial charge in [0.15, 0.2) is 0 Å². The quantitative estimate of drug-likeness (QED) is 0.901. The first kappa shape index (κ1) is 13.3. The number of nitrogens with one attached hydrogen (secondary N) is 1. The number of likely N-dealkylation sites (N-methyl/N-ethyl adjacent to an activating group) is 2. The van der Waals surface area contributed by atoms with E-state index >= 15 is 0 Å². The zero-order valence-corrected chi connectivity index (χ0v) is 12.4. The van der Waals surface area contributed by atoms with Gasteiger partial charge in [0.1, 0.15) is 0 Å². The molecule has 2 unspecified atom stereocenters. The normalized spacial score (nSPS) is 23.8. The van der Waals surface area contributed by atoms with Gasteiger partial charge in [-0.2, -0.15) is 11.8 Å². The Morgan fingerprint density at radius 3 is 3.06 bits per heavy atom. The maximum Gasteiger partial charge on any atom is 0.0944 e. The smallest absolute Gasteiger partial charge is 0.0944 e. The van der Waals surface area contributed by atoms with E-state index in [9.17, 15) is 0 Å². The molecule has 0 bridgehead atoms. The zero-order valence-electron chi connectivity index (χ0n) is 10.8. The third-order valence-electron chi connectivity index (χ3n) is 3.34. The van der Waals surface area contributed by atoms with Gasteiger partial charge in [0.25, 0.3) is 0 Å². The van der Waals surface area contributed by atoms with Crippen LogP contribution in [-0.2, 0) is 6.42 Å². The second kappa shape index (κ2) is 6.18. The highest BCUT2D eigenvalue weighted by atomic mass is 32.2. The van der Waals surface area contributed by atoms with Crippen molar-refractivity contribution in [2.24, 2.45) is 0 Å². The molecule has 1 fully saturated rings. The van der Waals surface area contributed by atoms with Gasteiger partial charge in [-0.1, -0.05) is 0 Å². The summed E-state index contributed by atoms with van der Waals surface area (Å²) in [7, 11) is 4.31. The molecule has 0 aliphatic carbocycles. The molecule has 0 aromatic carbocycles. The molecule has 1 saturated heterocycles. The van der Waals surface area contributed by atoms with Crippen LogP contribution in [0.1, 0.15) is 10.7 Å². The predicted molar refractivity (Wildman–Crippen MR) is 77.1 cm³/mol. The van der Waals surface area contributed by atoms with Gasteiger partial charge in [-0.05, 0) is 21.0 Å². The molecule has 1 aromatic heterocycles. The summed E-state index contributed by atoms with van der Waals surface area (Å²) in [5, 5.41) is 6.87. The molecular formula is C12H21N3S2. The summed E-state index contributed by atoms with van der Waals surface area (Å²) in [4.78, 5) is 7.06. The third kappa shape index (κ3) is 3.44. The maximum absolute atomic E-state index is 4.57. The van der Waals surface area contributed by atoms with Crippen LogP contribution in [0.5, 0.6) is 0 Å². The lowest BCUT2D eigenvalue weighted by Crippen LogP contribution is -2.52. The van der Waals surface area contributed by atoms with Crippen molar-refractivity contribution in [1.29, 1.82) is 0 Å². The van der Waals surface area contributed by atoms with Crippen LogP contribution in [-0.4, -0.2) is 54.1 Å². The van der Waals surface area contributed by atoms with Gasteiger partial charge >= 0.3 is 0 Å². The summed E-state index contributed by atoms with van der Waals surface area (Å²) >= 11 is 3.85. The van der Waals surface area contributed by atoms with Crippen molar-refractivity contribution >= 4 is 23.1 Å². The fourth-order valence-electron chi connectivity index (χ4n) is 2.24. The second-order valence-electron chi connectivity index (χ2n) is 4.60. The van der Waals surface area contributed by atoms with Crippen molar-refractivity contribution in [2.45, 2.75) is 25.4 Å². The monoisotopic (exact) mass is 271 g/mol. The summed E-state index contributed by atoms with van der Waals surface area (Å²) in [6, 6.07) is 1.14. The average molecular weight is 271 g/mol. The lowest BCUT2D eigenvalue weighted by atomic mass is 10.1. The highest BCUT2D eigenvalue weighted by Gasteiger charge is 2.27. The molecule has 0 spiro atoms. The van der Waals surface area contributed by atoms with E-state index in [4.69, 9.17) is 0 Å². The number of hydrogen-bond donors (Lipinski definition) is 1. The third-order valence-corrected chi connectivity index (χ3v) is 5.38. The Morgan fingerprint density at radius 2 is 2.47 bits per heavy atom. The molecule has 1 aliphatic rings. The van der Waals surface area contributed by atoms with Gasteiger partial charge in [-0.25, -0.2) is 4.98 Å². The number of aromatic nitrogens is 1. The first-order chi connectivity index (χ1) is 8.20. The van der Waals surface area contributed by atoms with Crippen LogP contribution in [0.4, 0.5) is 0 Å². The van der Waals surface area contributed by atoms with Gasteiger partial charge in [-0.3, -0.25) is 0 Å². The van der Waals surface area contributed by atoms with Crippen LogP contribution >= 0.6 is 23.1 Å². The maximum atomic E-state index is 4.57. The van der Waals surface area contributed by atoms with Gasteiger partial charge in [0, 0.05) is 47.6 Å². The molecule has 17 heavy (non-hydrogen) atoms. The first-order valence-electron chi connectivity index (χ1n) is 6.07. The SMILES string of the molecule is CNC(Cc1nc(C)cs1)C1CSCCN1C. The summed E-state index contributed by atoms with van der Waals surface area (Å²) in [5.74, 6) is 2.49. The topological polar surface area (TPSA) is 28.2 Å². The van der Waals surface area contributed by atoms with Gasteiger partial charge < -0.3 is 10.2 Å². The lowest BCUT2D eigenvalue weighted by molar-refractivity contribution is 0.219. The van der Waals surface area contributed by atoms with Crippen molar-refractivity contribution in [3.05, 3.63) is 16.1 Å². The summed E-state index contributed by atoms with van der Waals surface area (Å²) in [5.41, 5.74) is 1.14. The van der Waals surface area contributed by atoms with Crippen LogP contribution in [0.3, 0.4) is 0 Å². The van der Waals surface area contributed by atoms with Gasteiger partial charge in [0.05, 0.1) is 5.01 Å². The summed E-state index contributed by atoms with van der Waals surface area (Å²) < 4.78 is 0. The van der Waals surface area contributed by atoms with E-state index < -0.39 is 0 Å². The van der Waals surface area contributed by atoms with Crippen LogP contribution in [0.25, 0.3) is 0 Å². The Labute approximate surface area is 112 Å². The molecule has 96 valence electrons. The Balaban J connectivity index is 2.00. The Bertz CT molecular complexity index is 353. The number of rotatable bonds is 4. The molecule has 0 saturated carbocycles. The number of aryl methyl sites for hydroxylation is 1. The summed E-state index contributed by atoms with van der Waals surface area (Å²) in [6.45, 7) is 3.27. The van der Waals surface area contributed by atoms with Gasteiger partial charge in [0.2, 0.25) is 0 Å². The second-order valence-corrected chi connectivity index (χ2v) is 6.70. The van der Waals surface area contributed by atoms with Crippen molar-refractivity contribution in [1.82, 2.24) is 15.2 Å². The molecular weight excluding hydrogens is 250 g/mol. The van der Waals surface area contributed by atoms with E-state index in [-0.39, 0.29) is 0 Å². The van der Waals surface area contributed by atoms with Crippen LogP contribution in [0.15, 0.2) is 5.38 Å². The largest absolute Gasteiger partial charge is 0.315 e. The highest BCUT2D eigenvalue weighted by molar-refractivity contribution is 7.99. The van der Waals surface area contributed by atoms with E-state index in [1.165, 1.54) is 23.1 Å². The molecule has 2 heterocycles. The fourth-order valence-corrected chi connectivity index (χ4v) is 4.39. The average Bonchev–Trinajstić information content (AvgIpc) is 2.73. The molecule has 1 aromatic rings. The minimum absolute atomic E-state index is 0.512. The van der Waals surface area contributed by atoms with Crippen LogP contribution < -0.4 is 5.32 Å². The van der Waals surface area contributed by atoms with Crippen molar-refractivity contribution in [3.8, 4) is 0 Å². The van der Waals surface area contributed by atoms with E-state index in [1.54, 1.807) is 11.3 Å². The first-order valence-corrected chi connectivity index (χ1v) is 8.10. The fraction of sp³-hybridized carbons (Fsp3) is 0.750. The number of nitrogens with zero attached hydrogens (tertiary/aromatic N) is 2. The van der Waals surface area contributed by atoms with E-state index in [1.807, 2.05) is 0 Å². The molecule has 2 atom stereocenters. The molecule has 2 rings (SSSR count). The van der Waals surface area contributed by atoms with Crippen molar-refractivity contribution < 1.29 is 0 Å². The molecule has 1 N–H and O–H groups in total. The van der Waals surface area contributed by atoms with E-state index in [0.717, 1.165) is 12.1 Å². The van der Waals surface area contributed by atoms with Crippen LogP contribution in [0, 0.1) is 6.92 Å². The van der Waals surface area contributed by atoms with Gasteiger partial charge in [-0.15, -0.1) is 11.3 Å². The number of hydrogen-bond acceptors (Lipinski definition) is 5. The Hall–Kier alpha value is -0.100. The summed E-state index contributed by atoms with van der Waals surface area (Å²) in [6.07, 6.45) is 1.05. The van der Waals surface area contributed by atoms with Crippen molar-refractivity contribution in [3.63, 3.8) is 0 Å². The Kier molecular flexibility index (Phi) is 4.85. The minimum atomic E-state index is 0.512.